The highest BCUT2D eigenvalue weighted by Gasteiger charge is 2.58. The van der Waals surface area contributed by atoms with Gasteiger partial charge in [0.2, 0.25) is 11.9 Å². The van der Waals surface area contributed by atoms with Crippen LogP contribution in [0.5, 0.6) is 0 Å². The molecule has 0 saturated carbocycles. The number of esters is 1. The number of carbonyl (C=O) groups excluding carboxylic acids is 2. The van der Waals surface area contributed by atoms with E-state index in [1.807, 2.05) is 27.7 Å². The van der Waals surface area contributed by atoms with Gasteiger partial charge in [0.05, 0.1) is 36.6 Å². The zero-order chi connectivity index (χ0) is 32.9. The van der Waals surface area contributed by atoms with E-state index in [9.17, 15) is 9.59 Å². The quantitative estimate of drug-likeness (QED) is 0.269. The Bertz CT molecular complexity index is 1160. The lowest BCUT2D eigenvalue weighted by molar-refractivity contribution is -0.333. The minimum Gasteiger partial charge on any atom is -0.443 e. The lowest BCUT2D eigenvalue weighted by atomic mass is 9.72. The summed E-state index contributed by atoms with van der Waals surface area (Å²) in [6.07, 6.45) is -4.61. The first-order valence-electron chi connectivity index (χ1n) is 15.3. The summed E-state index contributed by atoms with van der Waals surface area (Å²) in [5.74, 6) is -3.04. The SMILES string of the molecule is C=C1C[C@](OC)([C@H](OC(=O)c2ccccc2)C(=O)N[C@@H]2OCO[C@H]3[C@@H]2O[C@H](C[C@@H](COC)OC)C(C)(C)[C@@H]3OC)O[C@H](C)[C@@H]1C. The molecule has 4 rings (SSSR count). The second kappa shape index (κ2) is 15.0. The topological polar surface area (TPSA) is 129 Å². The van der Waals surface area contributed by atoms with Gasteiger partial charge in [-0.2, -0.15) is 0 Å². The van der Waals surface area contributed by atoms with Crippen molar-refractivity contribution in [1.82, 2.24) is 5.32 Å². The molecule has 0 unspecified atom stereocenters. The Balaban J connectivity index is 1.64. The fourth-order valence-electron chi connectivity index (χ4n) is 6.47. The van der Waals surface area contributed by atoms with Crippen LogP contribution in [0.2, 0.25) is 0 Å². The average molecular weight is 636 g/mol. The van der Waals surface area contributed by atoms with Crippen molar-refractivity contribution in [3.05, 3.63) is 48.0 Å². The molecular weight excluding hydrogens is 586 g/mol. The molecule has 0 aromatic heterocycles. The highest BCUT2D eigenvalue weighted by Crippen LogP contribution is 2.44. The molecule has 0 radical (unpaired) electrons. The molecule has 3 fully saturated rings. The fraction of sp³-hybridized carbons (Fsp3) is 0.697. The van der Waals surface area contributed by atoms with Crippen molar-refractivity contribution in [2.24, 2.45) is 11.3 Å². The van der Waals surface area contributed by atoms with Gasteiger partial charge in [0.15, 0.2) is 6.23 Å². The van der Waals surface area contributed by atoms with Crippen molar-refractivity contribution in [2.45, 2.75) is 95.3 Å². The van der Waals surface area contributed by atoms with Gasteiger partial charge < -0.3 is 47.9 Å². The highest BCUT2D eigenvalue weighted by molar-refractivity contribution is 5.92. The van der Waals surface area contributed by atoms with Crippen LogP contribution in [0.15, 0.2) is 42.5 Å². The van der Waals surface area contributed by atoms with Crippen LogP contribution in [0.25, 0.3) is 0 Å². The maximum absolute atomic E-state index is 14.3. The van der Waals surface area contributed by atoms with Crippen LogP contribution in [0.4, 0.5) is 0 Å². The number of carbonyl (C=O) groups is 2. The van der Waals surface area contributed by atoms with Crippen LogP contribution in [-0.4, -0.2) is 108 Å². The zero-order valence-corrected chi connectivity index (χ0v) is 27.6. The third-order valence-corrected chi connectivity index (χ3v) is 9.44. The summed E-state index contributed by atoms with van der Waals surface area (Å²) in [4.78, 5) is 27.6. The minimum atomic E-state index is -1.64. The predicted octanol–water partition coefficient (Wildman–Crippen LogP) is 3.23. The number of hydrogen-bond donors (Lipinski definition) is 1. The summed E-state index contributed by atoms with van der Waals surface area (Å²) in [5.41, 5.74) is 0.579. The molecule has 0 spiro atoms. The van der Waals surface area contributed by atoms with Gasteiger partial charge in [-0.15, -0.1) is 0 Å². The molecule has 3 aliphatic rings. The second-order valence-corrected chi connectivity index (χ2v) is 12.6. The molecule has 1 N–H and O–H groups in total. The molecule has 12 nitrogen and oxygen atoms in total. The molecule has 45 heavy (non-hydrogen) atoms. The summed E-state index contributed by atoms with van der Waals surface area (Å²) in [6.45, 7) is 12.4. The van der Waals surface area contributed by atoms with Gasteiger partial charge in [-0.1, -0.05) is 51.1 Å². The van der Waals surface area contributed by atoms with Crippen molar-refractivity contribution in [3.63, 3.8) is 0 Å². The Hall–Kier alpha value is -2.42. The summed E-state index contributed by atoms with van der Waals surface area (Å²) in [6, 6.07) is 8.41. The van der Waals surface area contributed by atoms with E-state index in [2.05, 4.69) is 11.9 Å². The smallest absolute Gasteiger partial charge is 0.339 e. The largest absolute Gasteiger partial charge is 0.443 e. The van der Waals surface area contributed by atoms with Gasteiger partial charge >= 0.3 is 5.97 Å². The maximum atomic E-state index is 14.3. The van der Waals surface area contributed by atoms with E-state index in [0.29, 0.717) is 13.0 Å². The van der Waals surface area contributed by atoms with Gasteiger partial charge in [0.25, 0.3) is 5.91 Å². The van der Waals surface area contributed by atoms with Crippen molar-refractivity contribution in [2.75, 3.05) is 41.8 Å². The molecule has 1 aromatic carbocycles. The fourth-order valence-corrected chi connectivity index (χ4v) is 6.47. The maximum Gasteiger partial charge on any atom is 0.339 e. The second-order valence-electron chi connectivity index (χ2n) is 12.6. The Morgan fingerprint density at radius 1 is 1.07 bits per heavy atom. The molecule has 0 aliphatic carbocycles. The Morgan fingerprint density at radius 3 is 2.38 bits per heavy atom. The highest BCUT2D eigenvalue weighted by atomic mass is 16.7. The van der Waals surface area contributed by atoms with E-state index in [0.717, 1.165) is 5.57 Å². The number of benzene rings is 1. The Kier molecular flexibility index (Phi) is 11.8. The molecule has 0 bridgehead atoms. The molecule has 1 amide bonds. The summed E-state index contributed by atoms with van der Waals surface area (Å²) in [5, 5.41) is 2.91. The monoisotopic (exact) mass is 635 g/mol. The van der Waals surface area contributed by atoms with Crippen molar-refractivity contribution in [3.8, 4) is 0 Å². The van der Waals surface area contributed by atoms with E-state index in [1.54, 1.807) is 51.7 Å². The Labute approximate surface area is 265 Å². The van der Waals surface area contributed by atoms with Gasteiger partial charge in [0, 0.05) is 52.6 Å². The summed E-state index contributed by atoms with van der Waals surface area (Å²) in [7, 11) is 6.28. The molecule has 3 aliphatic heterocycles. The lowest BCUT2D eigenvalue weighted by Gasteiger charge is -2.54. The first kappa shape index (κ1) is 35.4. The molecule has 3 saturated heterocycles. The number of amides is 1. The predicted molar refractivity (Wildman–Crippen MR) is 162 cm³/mol. The van der Waals surface area contributed by atoms with Gasteiger partial charge in [-0.25, -0.2) is 4.79 Å². The average Bonchev–Trinajstić information content (AvgIpc) is 3.02. The first-order chi connectivity index (χ1) is 21.4. The normalized spacial score (nSPS) is 34.3. The van der Waals surface area contributed by atoms with Crippen LogP contribution in [0.1, 0.15) is 50.9 Å². The van der Waals surface area contributed by atoms with Crippen molar-refractivity contribution < 1.29 is 52.2 Å². The van der Waals surface area contributed by atoms with Gasteiger partial charge in [-0.3, -0.25) is 4.79 Å². The van der Waals surface area contributed by atoms with E-state index < -0.39 is 53.7 Å². The van der Waals surface area contributed by atoms with E-state index in [-0.39, 0.29) is 43.0 Å². The number of ether oxygens (including phenoxy) is 9. The van der Waals surface area contributed by atoms with Gasteiger partial charge in [-0.05, 0) is 19.1 Å². The molecule has 1 aromatic rings. The lowest BCUT2D eigenvalue weighted by Crippen LogP contribution is -2.69. The molecule has 252 valence electrons. The minimum absolute atomic E-state index is 0.00247. The standard InChI is InChI=1S/C33H49NO11/c1-19-16-33(40-9,45-21(3)20(19)2)28(44-31(36)22-13-11-10-12-14-22)29(35)34-30-26-25(41-18-42-30)27(39-8)32(4,5)24(43-26)15-23(38-7)17-37-6/h10-14,20-21,23-28,30H,1,15-18H2,2-9H3,(H,34,35)/t20-,21-,23+,24-,25+,26+,27-,28-,30-,33-/m1/s1. The van der Waals surface area contributed by atoms with Crippen LogP contribution in [-0.2, 0) is 47.4 Å². The molecule has 10 atom stereocenters. The molecule has 3 heterocycles. The number of methoxy groups -OCH3 is 4. The van der Waals surface area contributed by atoms with Crippen LogP contribution in [0, 0.1) is 11.3 Å². The molecular formula is C33H49NO11. The summed E-state index contributed by atoms with van der Waals surface area (Å²) < 4.78 is 53.6. The van der Waals surface area contributed by atoms with Gasteiger partial charge in [0.1, 0.15) is 19.0 Å². The van der Waals surface area contributed by atoms with E-state index in [1.165, 1.54) is 7.11 Å². The van der Waals surface area contributed by atoms with E-state index in [4.69, 9.17) is 42.6 Å². The summed E-state index contributed by atoms with van der Waals surface area (Å²) >= 11 is 0. The van der Waals surface area contributed by atoms with Crippen molar-refractivity contribution >= 4 is 11.9 Å². The van der Waals surface area contributed by atoms with Crippen LogP contribution < -0.4 is 5.32 Å². The molecule has 12 heteroatoms. The number of rotatable bonds is 12. The van der Waals surface area contributed by atoms with Crippen LogP contribution >= 0.6 is 0 Å². The third-order valence-electron chi connectivity index (χ3n) is 9.44. The van der Waals surface area contributed by atoms with Crippen molar-refractivity contribution in [1.29, 1.82) is 0 Å². The number of fused-ring (bicyclic) bond motifs is 1. The zero-order valence-electron chi connectivity index (χ0n) is 27.6. The number of nitrogens with one attached hydrogen (secondary N) is 1. The first-order valence-corrected chi connectivity index (χ1v) is 15.3. The third kappa shape index (κ3) is 7.44. The number of hydrogen-bond acceptors (Lipinski definition) is 11. The Morgan fingerprint density at radius 2 is 1.78 bits per heavy atom. The van der Waals surface area contributed by atoms with Crippen LogP contribution in [0.3, 0.4) is 0 Å². The van der Waals surface area contributed by atoms with E-state index >= 15 is 0 Å².